The van der Waals surface area contributed by atoms with Gasteiger partial charge in [0.05, 0.1) is 6.10 Å². The summed E-state index contributed by atoms with van der Waals surface area (Å²) in [7, 11) is 0. The molecular weight excluding hydrogens is 248 g/mol. The summed E-state index contributed by atoms with van der Waals surface area (Å²) in [6, 6.07) is 3.77. The first-order valence-electron chi connectivity index (χ1n) is 6.90. The Morgan fingerprint density at radius 3 is 2.84 bits per heavy atom. The fourth-order valence-electron chi connectivity index (χ4n) is 2.85. The van der Waals surface area contributed by atoms with Gasteiger partial charge < -0.3 is 10.1 Å². The molecule has 1 fully saturated rings. The van der Waals surface area contributed by atoms with Crippen LogP contribution in [0, 0.1) is 17.6 Å². The Kier molecular flexibility index (Phi) is 4.88. The zero-order valence-corrected chi connectivity index (χ0v) is 11.5. The van der Waals surface area contributed by atoms with Gasteiger partial charge in [-0.05, 0) is 50.1 Å². The van der Waals surface area contributed by atoms with Gasteiger partial charge in [-0.25, -0.2) is 8.78 Å². The third kappa shape index (κ3) is 3.51. The van der Waals surface area contributed by atoms with Crippen LogP contribution in [0.4, 0.5) is 8.78 Å². The van der Waals surface area contributed by atoms with Gasteiger partial charge in [0.25, 0.3) is 0 Å². The van der Waals surface area contributed by atoms with Gasteiger partial charge in [0.1, 0.15) is 11.6 Å². The molecule has 0 aromatic heterocycles. The predicted octanol–water partition coefficient (Wildman–Crippen LogP) is 2.91. The lowest BCUT2D eigenvalue weighted by Gasteiger charge is -2.27. The summed E-state index contributed by atoms with van der Waals surface area (Å²) >= 11 is 0. The number of rotatable bonds is 5. The molecule has 0 saturated carbocycles. The Labute approximate surface area is 113 Å². The van der Waals surface area contributed by atoms with E-state index in [0.717, 1.165) is 25.6 Å². The first-order valence-corrected chi connectivity index (χ1v) is 6.90. The average Bonchev–Trinajstić information content (AvgIpc) is 2.79. The molecule has 0 spiro atoms. The quantitative estimate of drug-likeness (QED) is 0.887. The lowest BCUT2D eigenvalue weighted by Crippen LogP contribution is -2.41. The molecule has 1 aliphatic rings. The fraction of sp³-hybridized carbons (Fsp3) is 0.600. The smallest absolute Gasteiger partial charge is 0.126 e. The summed E-state index contributed by atoms with van der Waals surface area (Å²) in [5, 5.41) is 3.38. The van der Waals surface area contributed by atoms with E-state index < -0.39 is 0 Å². The molecule has 4 heteroatoms. The molecule has 1 aromatic rings. The SMILES string of the molecule is CCNC(Cc1cc(F)ccc1F)C1CCOC1C. The monoisotopic (exact) mass is 269 g/mol. The van der Waals surface area contributed by atoms with E-state index in [1.54, 1.807) is 0 Å². The summed E-state index contributed by atoms with van der Waals surface area (Å²) in [5.74, 6) is -0.374. The highest BCUT2D eigenvalue weighted by Crippen LogP contribution is 2.26. The largest absolute Gasteiger partial charge is 0.378 e. The maximum absolute atomic E-state index is 13.7. The van der Waals surface area contributed by atoms with E-state index >= 15 is 0 Å². The molecule has 0 radical (unpaired) electrons. The molecule has 1 N–H and O–H groups in total. The number of nitrogens with one attached hydrogen (secondary N) is 1. The third-order valence-corrected chi connectivity index (χ3v) is 3.87. The maximum Gasteiger partial charge on any atom is 0.126 e. The van der Waals surface area contributed by atoms with E-state index in [2.05, 4.69) is 5.32 Å². The Balaban J connectivity index is 2.13. The highest BCUT2D eigenvalue weighted by Gasteiger charge is 2.31. The second kappa shape index (κ2) is 6.44. The molecule has 106 valence electrons. The van der Waals surface area contributed by atoms with Crippen LogP contribution in [0.15, 0.2) is 18.2 Å². The van der Waals surface area contributed by atoms with Crippen molar-refractivity contribution >= 4 is 0 Å². The Bertz CT molecular complexity index is 425. The molecule has 1 aromatic carbocycles. The van der Waals surface area contributed by atoms with Crippen LogP contribution in [0.2, 0.25) is 0 Å². The van der Waals surface area contributed by atoms with Crippen LogP contribution < -0.4 is 5.32 Å². The minimum Gasteiger partial charge on any atom is -0.378 e. The van der Waals surface area contributed by atoms with E-state index in [0.29, 0.717) is 17.9 Å². The van der Waals surface area contributed by atoms with Crippen molar-refractivity contribution in [2.75, 3.05) is 13.2 Å². The number of hydrogen-bond donors (Lipinski definition) is 1. The average molecular weight is 269 g/mol. The number of benzene rings is 1. The number of halogens is 2. The molecule has 1 heterocycles. The van der Waals surface area contributed by atoms with E-state index in [1.165, 1.54) is 12.1 Å². The molecule has 1 aliphatic heterocycles. The molecule has 3 atom stereocenters. The summed E-state index contributed by atoms with van der Waals surface area (Å²) < 4.78 is 32.5. The van der Waals surface area contributed by atoms with Crippen molar-refractivity contribution in [1.82, 2.24) is 5.32 Å². The molecule has 2 rings (SSSR count). The summed E-state index contributed by atoms with van der Waals surface area (Å²) in [6.07, 6.45) is 1.63. The summed E-state index contributed by atoms with van der Waals surface area (Å²) in [6.45, 7) is 5.63. The standard InChI is InChI=1S/C15H21F2NO/c1-3-18-15(13-6-7-19-10(13)2)9-11-8-12(16)4-5-14(11)17/h4-5,8,10,13,15,18H,3,6-7,9H2,1-2H3. The van der Waals surface area contributed by atoms with Crippen molar-refractivity contribution < 1.29 is 13.5 Å². The van der Waals surface area contributed by atoms with E-state index in [9.17, 15) is 8.78 Å². The minimum absolute atomic E-state index is 0.124. The maximum atomic E-state index is 13.7. The van der Waals surface area contributed by atoms with Gasteiger partial charge in [0.15, 0.2) is 0 Å². The van der Waals surface area contributed by atoms with Gasteiger partial charge in [-0.15, -0.1) is 0 Å². The number of ether oxygens (including phenoxy) is 1. The van der Waals surface area contributed by atoms with Gasteiger partial charge >= 0.3 is 0 Å². The molecule has 1 saturated heterocycles. The highest BCUT2D eigenvalue weighted by atomic mass is 19.1. The molecule has 19 heavy (non-hydrogen) atoms. The Morgan fingerprint density at radius 2 is 2.21 bits per heavy atom. The molecule has 0 bridgehead atoms. The van der Waals surface area contributed by atoms with E-state index in [1.807, 2.05) is 13.8 Å². The van der Waals surface area contributed by atoms with Gasteiger partial charge in [0, 0.05) is 18.6 Å². The summed E-state index contributed by atoms with van der Waals surface area (Å²) in [4.78, 5) is 0. The van der Waals surface area contributed by atoms with Crippen LogP contribution in [0.5, 0.6) is 0 Å². The lowest BCUT2D eigenvalue weighted by atomic mass is 9.88. The number of likely N-dealkylation sites (N-methyl/N-ethyl adjacent to an activating group) is 1. The van der Waals surface area contributed by atoms with Crippen LogP contribution in [0.1, 0.15) is 25.8 Å². The van der Waals surface area contributed by atoms with Gasteiger partial charge in [0.2, 0.25) is 0 Å². The summed E-state index contributed by atoms with van der Waals surface area (Å²) in [5.41, 5.74) is 0.435. The van der Waals surface area contributed by atoms with E-state index in [-0.39, 0.29) is 23.8 Å². The van der Waals surface area contributed by atoms with Gasteiger partial charge in [-0.1, -0.05) is 6.92 Å². The van der Waals surface area contributed by atoms with Crippen LogP contribution in [-0.2, 0) is 11.2 Å². The van der Waals surface area contributed by atoms with E-state index in [4.69, 9.17) is 4.74 Å². The van der Waals surface area contributed by atoms with Crippen LogP contribution >= 0.6 is 0 Å². The van der Waals surface area contributed by atoms with Crippen LogP contribution in [0.25, 0.3) is 0 Å². The van der Waals surface area contributed by atoms with Crippen molar-refractivity contribution in [2.45, 2.75) is 38.8 Å². The van der Waals surface area contributed by atoms with Crippen molar-refractivity contribution in [3.63, 3.8) is 0 Å². The topological polar surface area (TPSA) is 21.3 Å². The first-order chi connectivity index (χ1) is 9.11. The molecule has 2 nitrogen and oxygen atoms in total. The van der Waals surface area contributed by atoms with Gasteiger partial charge in [-0.2, -0.15) is 0 Å². The fourth-order valence-corrected chi connectivity index (χ4v) is 2.85. The van der Waals surface area contributed by atoms with Crippen molar-refractivity contribution in [3.05, 3.63) is 35.4 Å². The molecule has 3 unspecified atom stereocenters. The van der Waals surface area contributed by atoms with Gasteiger partial charge in [-0.3, -0.25) is 0 Å². The Morgan fingerprint density at radius 1 is 1.42 bits per heavy atom. The normalized spacial score (nSPS) is 24.6. The molecule has 0 aliphatic carbocycles. The minimum atomic E-state index is -0.387. The second-order valence-corrected chi connectivity index (χ2v) is 5.13. The van der Waals surface area contributed by atoms with Crippen LogP contribution in [-0.4, -0.2) is 25.3 Å². The Hall–Kier alpha value is -1.00. The van der Waals surface area contributed by atoms with Crippen molar-refractivity contribution in [1.29, 1.82) is 0 Å². The van der Waals surface area contributed by atoms with Crippen LogP contribution in [0.3, 0.4) is 0 Å². The third-order valence-electron chi connectivity index (χ3n) is 3.87. The van der Waals surface area contributed by atoms with Crippen molar-refractivity contribution in [3.8, 4) is 0 Å². The lowest BCUT2D eigenvalue weighted by molar-refractivity contribution is 0.0955. The zero-order chi connectivity index (χ0) is 13.8. The zero-order valence-electron chi connectivity index (χ0n) is 11.5. The number of hydrogen-bond acceptors (Lipinski definition) is 2. The predicted molar refractivity (Wildman–Crippen MR) is 71.0 cm³/mol. The van der Waals surface area contributed by atoms with Crippen molar-refractivity contribution in [2.24, 2.45) is 5.92 Å². The highest BCUT2D eigenvalue weighted by molar-refractivity contribution is 5.20. The molecule has 0 amide bonds. The second-order valence-electron chi connectivity index (χ2n) is 5.13. The molecular formula is C15H21F2NO. The first kappa shape index (κ1) is 14.4.